The lowest BCUT2D eigenvalue weighted by atomic mass is 9.69. The summed E-state index contributed by atoms with van der Waals surface area (Å²) in [5, 5.41) is 0.846. The highest BCUT2D eigenvalue weighted by Gasteiger charge is 2.32. The molecule has 20 heavy (non-hydrogen) atoms. The molecule has 2 heteroatoms. The number of halogens is 2. The van der Waals surface area contributed by atoms with Crippen LogP contribution in [0.5, 0.6) is 0 Å². The molecule has 1 aromatic rings. The number of rotatable bonds is 3. The number of benzene rings is 1. The summed E-state index contributed by atoms with van der Waals surface area (Å²) in [6.45, 7) is 7.15. The second-order valence-electron chi connectivity index (χ2n) is 7.33. The predicted molar refractivity (Wildman–Crippen MR) is 92.8 cm³/mol. The minimum absolute atomic E-state index is 0.472. The Morgan fingerprint density at radius 2 is 1.85 bits per heavy atom. The van der Waals surface area contributed by atoms with Gasteiger partial charge in [0.15, 0.2) is 0 Å². The zero-order valence-corrected chi connectivity index (χ0v) is 15.2. The van der Waals surface area contributed by atoms with E-state index in [0.717, 1.165) is 23.3 Å². The zero-order valence-electron chi connectivity index (χ0n) is 12.8. The Hall–Kier alpha value is -0.0100. The standard InChI is InChI=1S/C18H26BrCl/c1-18(2,3)15-9-7-14(8-10-15)17(19)12-13-5-4-6-16(20)11-13/h4-6,11,14-15,17H,7-10,12H2,1-3H3. The molecule has 0 spiro atoms. The van der Waals surface area contributed by atoms with Gasteiger partial charge in [0.1, 0.15) is 0 Å². The van der Waals surface area contributed by atoms with Crippen LogP contribution in [0.25, 0.3) is 0 Å². The molecule has 1 fully saturated rings. The molecule has 0 heterocycles. The van der Waals surface area contributed by atoms with E-state index in [2.05, 4.69) is 48.8 Å². The van der Waals surface area contributed by atoms with Gasteiger partial charge in [0.25, 0.3) is 0 Å². The monoisotopic (exact) mass is 356 g/mol. The van der Waals surface area contributed by atoms with Gasteiger partial charge in [-0.3, -0.25) is 0 Å². The van der Waals surface area contributed by atoms with Crippen molar-refractivity contribution in [3.63, 3.8) is 0 Å². The molecular weight excluding hydrogens is 332 g/mol. The SMILES string of the molecule is CC(C)(C)C1CCC(C(Br)Cc2cccc(Cl)c2)CC1. The smallest absolute Gasteiger partial charge is 0.0408 e. The Morgan fingerprint density at radius 1 is 1.20 bits per heavy atom. The van der Waals surface area contributed by atoms with Gasteiger partial charge in [-0.2, -0.15) is 0 Å². The van der Waals surface area contributed by atoms with E-state index in [4.69, 9.17) is 11.6 Å². The molecule has 0 aromatic heterocycles. The van der Waals surface area contributed by atoms with Gasteiger partial charge >= 0.3 is 0 Å². The molecule has 1 atom stereocenters. The van der Waals surface area contributed by atoms with Crippen LogP contribution in [0.1, 0.15) is 52.0 Å². The van der Waals surface area contributed by atoms with Crippen LogP contribution in [0.3, 0.4) is 0 Å². The van der Waals surface area contributed by atoms with Crippen LogP contribution in [0, 0.1) is 17.3 Å². The fraction of sp³-hybridized carbons (Fsp3) is 0.667. The van der Waals surface area contributed by atoms with E-state index in [-0.39, 0.29) is 0 Å². The molecule has 0 aliphatic heterocycles. The van der Waals surface area contributed by atoms with Crippen LogP contribution in [0.2, 0.25) is 5.02 Å². The van der Waals surface area contributed by atoms with Gasteiger partial charge in [-0.05, 0) is 67.1 Å². The van der Waals surface area contributed by atoms with Crippen LogP contribution < -0.4 is 0 Å². The fourth-order valence-electron chi connectivity index (χ4n) is 3.40. The van der Waals surface area contributed by atoms with Gasteiger partial charge in [0.2, 0.25) is 0 Å². The number of hydrogen-bond acceptors (Lipinski definition) is 0. The molecule has 1 aliphatic rings. The molecule has 0 saturated heterocycles. The van der Waals surface area contributed by atoms with Crippen molar-refractivity contribution in [3.05, 3.63) is 34.9 Å². The molecule has 0 radical (unpaired) electrons. The molecule has 1 unspecified atom stereocenters. The van der Waals surface area contributed by atoms with E-state index in [0.29, 0.717) is 10.2 Å². The molecule has 1 aliphatic carbocycles. The van der Waals surface area contributed by atoms with Crippen LogP contribution in [-0.4, -0.2) is 4.83 Å². The van der Waals surface area contributed by atoms with E-state index in [1.165, 1.54) is 31.2 Å². The highest BCUT2D eigenvalue weighted by molar-refractivity contribution is 9.09. The quantitative estimate of drug-likeness (QED) is 0.542. The van der Waals surface area contributed by atoms with Crippen molar-refractivity contribution in [3.8, 4) is 0 Å². The summed E-state index contributed by atoms with van der Waals surface area (Å²) in [5.74, 6) is 1.71. The van der Waals surface area contributed by atoms with Crippen molar-refractivity contribution in [2.45, 2.75) is 57.7 Å². The third-order valence-corrected chi connectivity index (χ3v) is 6.13. The maximum Gasteiger partial charge on any atom is 0.0408 e. The van der Waals surface area contributed by atoms with Crippen molar-refractivity contribution in [2.24, 2.45) is 17.3 Å². The zero-order chi connectivity index (χ0) is 14.8. The second-order valence-corrected chi connectivity index (χ2v) is 8.94. The molecule has 0 N–H and O–H groups in total. The first-order valence-corrected chi connectivity index (χ1v) is 9.04. The van der Waals surface area contributed by atoms with Crippen molar-refractivity contribution in [2.75, 3.05) is 0 Å². The van der Waals surface area contributed by atoms with Crippen molar-refractivity contribution in [1.29, 1.82) is 0 Å². The Labute approximate surface area is 137 Å². The molecule has 0 bridgehead atoms. The molecule has 0 nitrogen and oxygen atoms in total. The first kappa shape index (κ1) is 16.4. The molecule has 0 amide bonds. The lowest BCUT2D eigenvalue weighted by Gasteiger charge is -2.38. The average Bonchev–Trinajstić information content (AvgIpc) is 2.38. The summed E-state index contributed by atoms with van der Waals surface area (Å²) in [5.41, 5.74) is 1.82. The molecule has 1 saturated carbocycles. The Bertz CT molecular complexity index is 427. The summed E-state index contributed by atoms with van der Waals surface area (Å²) < 4.78 is 0. The molecule has 1 aromatic carbocycles. The minimum Gasteiger partial charge on any atom is -0.0884 e. The van der Waals surface area contributed by atoms with Gasteiger partial charge in [-0.25, -0.2) is 0 Å². The van der Waals surface area contributed by atoms with E-state index in [1.54, 1.807) is 0 Å². The fourth-order valence-corrected chi connectivity index (χ4v) is 4.52. The van der Waals surface area contributed by atoms with E-state index in [9.17, 15) is 0 Å². The van der Waals surface area contributed by atoms with Crippen molar-refractivity contribution < 1.29 is 0 Å². The maximum atomic E-state index is 6.07. The van der Waals surface area contributed by atoms with Crippen LogP contribution >= 0.6 is 27.5 Å². The predicted octanol–water partition coefficient (Wildman–Crippen LogP) is 6.50. The van der Waals surface area contributed by atoms with Gasteiger partial charge in [-0.1, -0.05) is 60.4 Å². The summed E-state index contributed by atoms with van der Waals surface area (Å²) in [6, 6.07) is 8.27. The maximum absolute atomic E-state index is 6.07. The highest BCUT2D eigenvalue weighted by atomic mass is 79.9. The number of hydrogen-bond donors (Lipinski definition) is 0. The largest absolute Gasteiger partial charge is 0.0884 e. The Kier molecular flexibility index (Phi) is 5.59. The van der Waals surface area contributed by atoms with Gasteiger partial charge in [0, 0.05) is 9.85 Å². The van der Waals surface area contributed by atoms with Crippen LogP contribution in [0.15, 0.2) is 24.3 Å². The molecular formula is C18H26BrCl. The molecule has 112 valence electrons. The Morgan fingerprint density at radius 3 is 2.40 bits per heavy atom. The van der Waals surface area contributed by atoms with E-state index < -0.39 is 0 Å². The third kappa shape index (κ3) is 4.49. The van der Waals surface area contributed by atoms with Crippen molar-refractivity contribution in [1.82, 2.24) is 0 Å². The summed E-state index contributed by atoms with van der Waals surface area (Å²) in [6.07, 6.45) is 6.57. The van der Waals surface area contributed by atoms with Gasteiger partial charge in [-0.15, -0.1) is 0 Å². The van der Waals surface area contributed by atoms with Crippen LogP contribution in [0.4, 0.5) is 0 Å². The Balaban J connectivity index is 1.87. The average molecular weight is 358 g/mol. The summed E-state index contributed by atoms with van der Waals surface area (Å²) in [4.78, 5) is 0.585. The topological polar surface area (TPSA) is 0 Å². The highest BCUT2D eigenvalue weighted by Crippen LogP contribution is 2.42. The number of alkyl halides is 1. The lowest BCUT2D eigenvalue weighted by Crippen LogP contribution is -2.29. The van der Waals surface area contributed by atoms with Gasteiger partial charge < -0.3 is 0 Å². The van der Waals surface area contributed by atoms with E-state index in [1.807, 2.05) is 12.1 Å². The van der Waals surface area contributed by atoms with Crippen molar-refractivity contribution >= 4 is 27.5 Å². The van der Waals surface area contributed by atoms with Crippen LogP contribution in [-0.2, 0) is 6.42 Å². The third-order valence-electron chi connectivity index (χ3n) is 4.83. The summed E-state index contributed by atoms with van der Waals surface area (Å²) in [7, 11) is 0. The first-order chi connectivity index (χ1) is 9.36. The summed E-state index contributed by atoms with van der Waals surface area (Å²) >= 11 is 10.00. The minimum atomic E-state index is 0.472. The first-order valence-electron chi connectivity index (χ1n) is 7.75. The lowest BCUT2D eigenvalue weighted by molar-refractivity contribution is 0.149. The second kappa shape index (κ2) is 6.83. The normalized spacial score (nSPS) is 25.4. The van der Waals surface area contributed by atoms with Gasteiger partial charge in [0.05, 0.1) is 0 Å². The molecule has 2 rings (SSSR count). The van der Waals surface area contributed by atoms with E-state index >= 15 is 0 Å².